The Labute approximate surface area is 89.2 Å². The zero-order valence-electron chi connectivity index (χ0n) is 8.82. The largest absolute Gasteiger partial charge is 0.480 e. The number of carbonyl (C=O) groups excluding carboxylic acids is 1. The molecule has 0 aromatic carbocycles. The third kappa shape index (κ3) is 3.87. The first-order valence-corrected chi connectivity index (χ1v) is 5.37. The number of nitrogens with two attached hydrogens (primary N) is 1. The molecule has 86 valence electrons. The van der Waals surface area contributed by atoms with Gasteiger partial charge in [0.15, 0.2) is 0 Å². The zero-order chi connectivity index (χ0) is 11.3. The first-order chi connectivity index (χ1) is 7.11. The van der Waals surface area contributed by atoms with E-state index in [9.17, 15) is 9.59 Å². The minimum Gasteiger partial charge on any atom is -0.480 e. The second-order valence-electron chi connectivity index (χ2n) is 3.96. The number of carboxylic acids is 1. The Bertz CT molecular complexity index is 243. The van der Waals surface area contributed by atoms with Gasteiger partial charge in [-0.15, -0.1) is 0 Å². The predicted octanol–water partition coefficient (Wildman–Crippen LogP) is 0.191. The number of hydrogen-bond acceptors (Lipinski definition) is 3. The van der Waals surface area contributed by atoms with E-state index in [-0.39, 0.29) is 12.5 Å². The summed E-state index contributed by atoms with van der Waals surface area (Å²) >= 11 is 0. The smallest absolute Gasteiger partial charge is 0.323 e. The number of hydrogen-bond donors (Lipinski definition) is 2. The molecule has 5 heteroatoms. The first kappa shape index (κ1) is 12.0. The summed E-state index contributed by atoms with van der Waals surface area (Å²) < 4.78 is 0. The van der Waals surface area contributed by atoms with Gasteiger partial charge < -0.3 is 15.7 Å². The average Bonchev–Trinajstić information content (AvgIpc) is 2.24. The van der Waals surface area contributed by atoms with Crippen molar-refractivity contribution in [1.29, 1.82) is 0 Å². The van der Waals surface area contributed by atoms with Gasteiger partial charge >= 0.3 is 5.97 Å². The number of rotatable bonds is 2. The van der Waals surface area contributed by atoms with E-state index in [0.29, 0.717) is 13.0 Å². The summed E-state index contributed by atoms with van der Waals surface area (Å²) in [4.78, 5) is 23.7. The van der Waals surface area contributed by atoms with Gasteiger partial charge in [0.05, 0.1) is 6.04 Å². The molecule has 15 heavy (non-hydrogen) atoms. The predicted molar refractivity (Wildman–Crippen MR) is 55.3 cm³/mol. The molecule has 1 saturated heterocycles. The highest BCUT2D eigenvalue weighted by molar-refractivity contribution is 5.85. The van der Waals surface area contributed by atoms with Crippen LogP contribution >= 0.6 is 0 Å². The summed E-state index contributed by atoms with van der Waals surface area (Å²) in [6, 6.07) is -0.526. The van der Waals surface area contributed by atoms with Crippen molar-refractivity contribution < 1.29 is 14.7 Å². The molecule has 0 saturated carbocycles. The van der Waals surface area contributed by atoms with Crippen LogP contribution in [0.2, 0.25) is 0 Å². The van der Waals surface area contributed by atoms with E-state index < -0.39 is 12.0 Å². The fourth-order valence-corrected chi connectivity index (χ4v) is 1.81. The van der Waals surface area contributed by atoms with Gasteiger partial charge in [-0.05, 0) is 12.8 Å². The summed E-state index contributed by atoms with van der Waals surface area (Å²) in [5.74, 6) is -1.20. The Kier molecular flexibility index (Phi) is 4.55. The molecule has 1 heterocycles. The molecule has 1 atom stereocenters. The molecular formula is C10H18N2O3. The molecule has 5 nitrogen and oxygen atoms in total. The van der Waals surface area contributed by atoms with Gasteiger partial charge in [0.1, 0.15) is 6.54 Å². The Morgan fingerprint density at radius 1 is 1.40 bits per heavy atom. The van der Waals surface area contributed by atoms with Gasteiger partial charge in [-0.25, -0.2) is 0 Å². The lowest BCUT2D eigenvalue weighted by Crippen LogP contribution is -2.45. The van der Waals surface area contributed by atoms with E-state index in [1.54, 1.807) is 0 Å². The van der Waals surface area contributed by atoms with Crippen molar-refractivity contribution in [2.45, 2.75) is 38.1 Å². The summed E-state index contributed by atoms with van der Waals surface area (Å²) in [5.41, 5.74) is 5.70. The molecule has 1 fully saturated rings. The topological polar surface area (TPSA) is 83.6 Å². The van der Waals surface area contributed by atoms with Crippen molar-refractivity contribution in [3.63, 3.8) is 0 Å². The van der Waals surface area contributed by atoms with E-state index in [4.69, 9.17) is 10.8 Å². The monoisotopic (exact) mass is 214 g/mol. The molecule has 1 aliphatic heterocycles. The van der Waals surface area contributed by atoms with Crippen LogP contribution in [0.4, 0.5) is 0 Å². The lowest BCUT2D eigenvalue weighted by atomic mass is 10.1. The van der Waals surface area contributed by atoms with Gasteiger partial charge in [0.2, 0.25) is 5.91 Å². The molecule has 0 aromatic heterocycles. The zero-order valence-corrected chi connectivity index (χ0v) is 8.82. The molecule has 0 radical (unpaired) electrons. The summed E-state index contributed by atoms with van der Waals surface area (Å²) in [6.07, 6.45) is 4.59. The highest BCUT2D eigenvalue weighted by Gasteiger charge is 2.23. The summed E-state index contributed by atoms with van der Waals surface area (Å²) in [6.45, 7) is 0.283. The Balaban J connectivity index is 2.61. The van der Waals surface area contributed by atoms with Gasteiger partial charge in [-0.2, -0.15) is 0 Å². The Hall–Kier alpha value is -1.10. The molecule has 0 spiro atoms. The Morgan fingerprint density at radius 2 is 2.07 bits per heavy atom. The van der Waals surface area contributed by atoms with E-state index in [2.05, 4.69) is 0 Å². The quantitative estimate of drug-likeness (QED) is 0.687. The third-order valence-electron chi connectivity index (χ3n) is 2.65. The molecular weight excluding hydrogens is 196 g/mol. The SMILES string of the molecule is NC1CCCCCCN(CC(=O)O)C1=O. The van der Waals surface area contributed by atoms with Crippen LogP contribution in [-0.4, -0.2) is 41.0 Å². The maximum Gasteiger partial charge on any atom is 0.323 e. The number of aliphatic carboxylic acids is 1. The van der Waals surface area contributed by atoms with Crippen LogP contribution in [0.3, 0.4) is 0 Å². The van der Waals surface area contributed by atoms with Crippen LogP contribution in [0.15, 0.2) is 0 Å². The first-order valence-electron chi connectivity index (χ1n) is 5.37. The van der Waals surface area contributed by atoms with E-state index in [1.165, 1.54) is 4.90 Å². The van der Waals surface area contributed by atoms with Crippen LogP contribution in [-0.2, 0) is 9.59 Å². The number of amides is 1. The van der Waals surface area contributed by atoms with Crippen molar-refractivity contribution in [2.24, 2.45) is 5.73 Å². The summed E-state index contributed by atoms with van der Waals surface area (Å²) in [5, 5.41) is 8.67. The second kappa shape index (κ2) is 5.70. The van der Waals surface area contributed by atoms with Crippen molar-refractivity contribution in [1.82, 2.24) is 4.90 Å². The molecule has 1 rings (SSSR count). The van der Waals surface area contributed by atoms with Crippen LogP contribution in [0.25, 0.3) is 0 Å². The van der Waals surface area contributed by atoms with E-state index >= 15 is 0 Å². The average molecular weight is 214 g/mol. The standard InChI is InChI=1S/C10H18N2O3/c11-8-5-3-1-2-4-6-12(10(8)15)7-9(13)14/h8H,1-7,11H2,(H,13,14). The van der Waals surface area contributed by atoms with Gasteiger partial charge in [-0.3, -0.25) is 9.59 Å². The van der Waals surface area contributed by atoms with Gasteiger partial charge in [0.25, 0.3) is 0 Å². The summed E-state index contributed by atoms with van der Waals surface area (Å²) in [7, 11) is 0. The highest BCUT2D eigenvalue weighted by atomic mass is 16.4. The van der Waals surface area contributed by atoms with Crippen LogP contribution < -0.4 is 5.73 Å². The molecule has 0 aliphatic carbocycles. The van der Waals surface area contributed by atoms with Crippen molar-refractivity contribution in [3.05, 3.63) is 0 Å². The molecule has 1 amide bonds. The van der Waals surface area contributed by atoms with Gasteiger partial charge in [-0.1, -0.05) is 19.3 Å². The van der Waals surface area contributed by atoms with Crippen LogP contribution in [0, 0.1) is 0 Å². The molecule has 1 unspecified atom stereocenters. The van der Waals surface area contributed by atoms with Crippen LogP contribution in [0.5, 0.6) is 0 Å². The number of carboxylic acid groups (broad SMARTS) is 1. The lowest BCUT2D eigenvalue weighted by molar-refractivity contribution is -0.145. The number of nitrogens with zero attached hydrogens (tertiary/aromatic N) is 1. The third-order valence-corrected chi connectivity index (χ3v) is 2.65. The molecule has 0 aromatic rings. The fraction of sp³-hybridized carbons (Fsp3) is 0.800. The van der Waals surface area contributed by atoms with Crippen molar-refractivity contribution >= 4 is 11.9 Å². The molecule has 1 aliphatic rings. The van der Waals surface area contributed by atoms with E-state index in [0.717, 1.165) is 25.7 Å². The fourth-order valence-electron chi connectivity index (χ4n) is 1.81. The highest BCUT2D eigenvalue weighted by Crippen LogP contribution is 2.11. The normalized spacial score (nSPS) is 24.2. The van der Waals surface area contributed by atoms with Crippen molar-refractivity contribution in [3.8, 4) is 0 Å². The number of carbonyl (C=O) groups is 2. The molecule has 0 bridgehead atoms. The van der Waals surface area contributed by atoms with Gasteiger partial charge in [0, 0.05) is 6.54 Å². The maximum atomic E-state index is 11.7. The van der Waals surface area contributed by atoms with Crippen molar-refractivity contribution in [2.75, 3.05) is 13.1 Å². The Morgan fingerprint density at radius 3 is 2.73 bits per heavy atom. The second-order valence-corrected chi connectivity index (χ2v) is 3.96. The molecule has 3 N–H and O–H groups in total. The maximum absolute atomic E-state index is 11.7. The minimum absolute atomic E-state index is 0.223. The van der Waals surface area contributed by atoms with E-state index in [1.807, 2.05) is 0 Å². The minimum atomic E-state index is -0.977. The van der Waals surface area contributed by atoms with Crippen LogP contribution in [0.1, 0.15) is 32.1 Å². The lowest BCUT2D eigenvalue weighted by Gasteiger charge is -2.22.